The highest BCUT2D eigenvalue weighted by Crippen LogP contribution is 2.39. The van der Waals surface area contributed by atoms with E-state index in [1.54, 1.807) is 25.3 Å². The van der Waals surface area contributed by atoms with Crippen LogP contribution in [0.15, 0.2) is 83.9 Å². The third kappa shape index (κ3) is 6.80. The number of halogens is 2. The molecule has 4 N–H and O–H groups in total. The summed E-state index contributed by atoms with van der Waals surface area (Å²) >= 11 is 0. The van der Waals surface area contributed by atoms with Crippen LogP contribution in [0.1, 0.15) is 63.2 Å². The molecule has 0 spiro atoms. The molecule has 0 bridgehead atoms. The summed E-state index contributed by atoms with van der Waals surface area (Å²) in [5.74, 6) is -1.33. The molecule has 7 nitrogen and oxygen atoms in total. The van der Waals surface area contributed by atoms with Gasteiger partial charge in [0.05, 0.1) is 6.61 Å². The molecular formula is C34H33F2N3O4. The van der Waals surface area contributed by atoms with Gasteiger partial charge in [-0.2, -0.15) is 0 Å². The normalized spacial score (nSPS) is 15.0. The van der Waals surface area contributed by atoms with Crippen molar-refractivity contribution >= 4 is 11.7 Å². The van der Waals surface area contributed by atoms with Gasteiger partial charge in [-0.3, -0.25) is 4.79 Å². The Morgan fingerprint density at radius 2 is 1.70 bits per heavy atom. The van der Waals surface area contributed by atoms with E-state index in [4.69, 9.17) is 15.2 Å². The summed E-state index contributed by atoms with van der Waals surface area (Å²) in [7, 11) is 1.63. The minimum atomic E-state index is -1.32. The van der Waals surface area contributed by atoms with Crippen LogP contribution in [0.5, 0.6) is 0 Å². The van der Waals surface area contributed by atoms with E-state index < -0.39 is 18.0 Å². The second-order valence-electron chi connectivity index (χ2n) is 10.3. The van der Waals surface area contributed by atoms with Crippen molar-refractivity contribution in [3.05, 3.63) is 129 Å². The highest BCUT2D eigenvalue weighted by atomic mass is 19.1. The minimum Gasteiger partial charge on any atom is -0.383 e. The number of carbonyl (C=O) groups excluding carboxylic acids is 1. The number of fused-ring (bicyclic) bond motifs is 2. The van der Waals surface area contributed by atoms with E-state index in [2.05, 4.69) is 10.3 Å². The first-order chi connectivity index (χ1) is 20.8. The standard InChI is InChI=1S/C34H33F2N3O4/c1-3-14-43-34(41)39-32(37)21-6-4-20(5-7-21)19-38-33(40)23-9-12-29-25(16-23)17-24-15-22(8-11-28(24)31(29)42-2)27-13-10-26(35)18-30(27)36/h4-13,15-16,18,31,34,41H,3,14,17,19H2,1-2H3,(H2,37,39)(H,38,40)/t31-,34?/m0/s1. The Bertz CT molecular complexity index is 1660. The molecule has 4 aromatic carbocycles. The number of aliphatic hydroxyl groups is 1. The predicted molar refractivity (Wildman–Crippen MR) is 160 cm³/mol. The molecular weight excluding hydrogens is 552 g/mol. The summed E-state index contributed by atoms with van der Waals surface area (Å²) in [5, 5.41) is 12.7. The number of aliphatic hydroxyl groups excluding tert-OH is 1. The number of aliphatic imine (C=N–C) groups is 1. The van der Waals surface area contributed by atoms with E-state index in [9.17, 15) is 18.7 Å². The Kier molecular flexibility index (Phi) is 9.25. The van der Waals surface area contributed by atoms with E-state index in [-0.39, 0.29) is 17.8 Å². The number of nitrogens with zero attached hydrogens (tertiary/aromatic N) is 1. The molecule has 0 aliphatic heterocycles. The maximum absolute atomic E-state index is 14.5. The van der Waals surface area contributed by atoms with Crippen LogP contribution in [0.3, 0.4) is 0 Å². The van der Waals surface area contributed by atoms with E-state index in [0.29, 0.717) is 41.8 Å². The summed E-state index contributed by atoms with van der Waals surface area (Å²) in [6.07, 6.45) is -0.368. The summed E-state index contributed by atoms with van der Waals surface area (Å²) in [6, 6.07) is 21.9. The Morgan fingerprint density at radius 3 is 2.40 bits per heavy atom. The van der Waals surface area contributed by atoms with Crippen LogP contribution in [-0.2, 0) is 22.4 Å². The number of nitrogens with one attached hydrogen (secondary N) is 1. The Labute approximate surface area is 249 Å². The van der Waals surface area contributed by atoms with Gasteiger partial charge in [-0.1, -0.05) is 55.5 Å². The van der Waals surface area contributed by atoms with Crippen LogP contribution in [0.2, 0.25) is 0 Å². The Balaban J connectivity index is 1.28. The molecule has 0 aromatic heterocycles. The molecule has 1 unspecified atom stereocenters. The first-order valence-electron chi connectivity index (χ1n) is 14.0. The van der Waals surface area contributed by atoms with Gasteiger partial charge < -0.3 is 25.6 Å². The monoisotopic (exact) mass is 585 g/mol. The molecule has 0 radical (unpaired) electrons. The lowest BCUT2D eigenvalue weighted by atomic mass is 9.81. The van der Waals surface area contributed by atoms with Gasteiger partial charge in [0, 0.05) is 36.4 Å². The van der Waals surface area contributed by atoms with E-state index >= 15 is 0 Å². The van der Waals surface area contributed by atoms with Gasteiger partial charge in [-0.15, -0.1) is 0 Å². The van der Waals surface area contributed by atoms with Crippen molar-refractivity contribution in [2.75, 3.05) is 13.7 Å². The second kappa shape index (κ2) is 13.2. The predicted octanol–water partition coefficient (Wildman–Crippen LogP) is 5.61. The van der Waals surface area contributed by atoms with Crippen molar-refractivity contribution in [1.29, 1.82) is 0 Å². The van der Waals surface area contributed by atoms with Crippen molar-refractivity contribution in [2.45, 2.75) is 38.8 Å². The Hall–Kier alpha value is -4.44. The highest BCUT2D eigenvalue weighted by molar-refractivity contribution is 5.97. The van der Waals surface area contributed by atoms with Crippen LogP contribution in [0, 0.1) is 11.6 Å². The molecule has 0 saturated heterocycles. The van der Waals surface area contributed by atoms with Gasteiger partial charge in [0.2, 0.25) is 0 Å². The average molecular weight is 586 g/mol. The molecule has 4 aromatic rings. The SMILES string of the molecule is CCCOC(O)/N=C(/N)c1ccc(CNC(=O)c2ccc3c(c2)Cc2cc(-c4ccc(F)cc4F)ccc2[C@@H]3OC)cc1. The topological polar surface area (TPSA) is 106 Å². The minimum absolute atomic E-state index is 0.152. The molecule has 0 saturated carbocycles. The smallest absolute Gasteiger partial charge is 0.257 e. The zero-order valence-corrected chi connectivity index (χ0v) is 23.9. The fourth-order valence-electron chi connectivity index (χ4n) is 5.22. The fraction of sp³-hybridized carbons (Fsp3) is 0.235. The number of rotatable bonds is 10. The number of hydrogen-bond acceptors (Lipinski definition) is 5. The molecule has 2 atom stereocenters. The zero-order chi connectivity index (χ0) is 30.5. The number of amides is 1. The van der Waals surface area contributed by atoms with E-state index in [1.807, 2.05) is 49.4 Å². The molecule has 9 heteroatoms. The number of benzene rings is 4. The highest BCUT2D eigenvalue weighted by Gasteiger charge is 2.27. The number of hydrogen-bond donors (Lipinski definition) is 3. The maximum Gasteiger partial charge on any atom is 0.257 e. The molecule has 222 valence electrons. The lowest BCUT2D eigenvalue weighted by Gasteiger charge is -2.28. The first-order valence-corrected chi connectivity index (χ1v) is 14.0. The molecule has 1 aliphatic carbocycles. The molecule has 0 heterocycles. The van der Waals surface area contributed by atoms with Gasteiger partial charge in [0.1, 0.15) is 23.6 Å². The third-order valence-corrected chi connectivity index (χ3v) is 7.40. The van der Waals surface area contributed by atoms with Gasteiger partial charge in [-0.05, 0) is 70.5 Å². The third-order valence-electron chi connectivity index (χ3n) is 7.40. The number of methoxy groups -OCH3 is 1. The number of nitrogens with two attached hydrogens (primary N) is 1. The summed E-state index contributed by atoms with van der Waals surface area (Å²) in [4.78, 5) is 17.0. The molecule has 0 fully saturated rings. The van der Waals surface area contributed by atoms with Crippen molar-refractivity contribution < 1.29 is 28.2 Å². The summed E-state index contributed by atoms with van der Waals surface area (Å²) in [5.41, 5.74) is 12.7. The van der Waals surface area contributed by atoms with Crippen molar-refractivity contribution in [1.82, 2.24) is 5.32 Å². The van der Waals surface area contributed by atoms with Gasteiger partial charge in [-0.25, -0.2) is 13.8 Å². The summed E-state index contributed by atoms with van der Waals surface area (Å²) < 4.78 is 38.9. The molecule has 43 heavy (non-hydrogen) atoms. The summed E-state index contributed by atoms with van der Waals surface area (Å²) in [6.45, 7) is 2.60. The van der Waals surface area contributed by atoms with Gasteiger partial charge in [0.25, 0.3) is 12.3 Å². The van der Waals surface area contributed by atoms with Crippen LogP contribution >= 0.6 is 0 Å². The lowest BCUT2D eigenvalue weighted by molar-refractivity contribution is -0.0914. The molecule has 1 amide bonds. The maximum atomic E-state index is 14.5. The second-order valence-corrected chi connectivity index (χ2v) is 10.3. The quantitative estimate of drug-likeness (QED) is 0.128. The van der Waals surface area contributed by atoms with Crippen molar-refractivity contribution in [3.8, 4) is 11.1 Å². The zero-order valence-electron chi connectivity index (χ0n) is 23.9. The number of carbonyl (C=O) groups is 1. The van der Waals surface area contributed by atoms with E-state index in [1.165, 1.54) is 12.1 Å². The van der Waals surface area contributed by atoms with Crippen molar-refractivity contribution in [3.63, 3.8) is 0 Å². The fourth-order valence-corrected chi connectivity index (χ4v) is 5.22. The largest absolute Gasteiger partial charge is 0.383 e. The molecule has 1 aliphatic rings. The lowest BCUT2D eigenvalue weighted by Crippen LogP contribution is -2.24. The Morgan fingerprint density at radius 1 is 1.00 bits per heavy atom. The van der Waals surface area contributed by atoms with Crippen LogP contribution < -0.4 is 11.1 Å². The van der Waals surface area contributed by atoms with E-state index in [0.717, 1.165) is 40.3 Å². The van der Waals surface area contributed by atoms with Crippen LogP contribution in [0.4, 0.5) is 8.78 Å². The molecule has 5 rings (SSSR count). The average Bonchev–Trinajstić information content (AvgIpc) is 3.01. The first kappa shape index (κ1) is 30.0. The van der Waals surface area contributed by atoms with Crippen LogP contribution in [0.25, 0.3) is 11.1 Å². The number of ether oxygens (including phenoxy) is 2. The van der Waals surface area contributed by atoms with Crippen molar-refractivity contribution in [2.24, 2.45) is 10.7 Å². The van der Waals surface area contributed by atoms with Gasteiger partial charge in [0.15, 0.2) is 0 Å². The number of amidine groups is 1. The van der Waals surface area contributed by atoms with Crippen LogP contribution in [-0.4, -0.2) is 37.0 Å². The van der Waals surface area contributed by atoms with Gasteiger partial charge >= 0.3 is 0 Å².